The zero-order valence-electron chi connectivity index (χ0n) is 15.2. The van der Waals surface area contributed by atoms with Crippen LogP contribution in [0.5, 0.6) is 17.2 Å². The van der Waals surface area contributed by atoms with Crippen molar-refractivity contribution in [2.75, 3.05) is 27.3 Å². The van der Waals surface area contributed by atoms with Crippen molar-refractivity contribution in [3.05, 3.63) is 57.1 Å². The summed E-state index contributed by atoms with van der Waals surface area (Å²) in [4.78, 5) is 12.5. The van der Waals surface area contributed by atoms with Gasteiger partial charge in [-0.3, -0.25) is 15.0 Å². The number of rotatable bonds is 10. The minimum atomic E-state index is -3.12. The number of hydrogen-bond acceptors (Lipinski definition) is 6. The van der Waals surface area contributed by atoms with Gasteiger partial charge in [0, 0.05) is 23.7 Å². The SMILES string of the molecule is COc1cc(CN(C)CCOc2cccc(Cl)c2)c([N+](=O)[O-])cc1OC(F)F. The topological polar surface area (TPSA) is 74.1 Å². The first-order chi connectivity index (χ1) is 13.3. The summed E-state index contributed by atoms with van der Waals surface area (Å²) in [6.07, 6.45) is 0. The molecule has 0 fully saturated rings. The maximum absolute atomic E-state index is 12.5. The molecule has 152 valence electrons. The Balaban J connectivity index is 2.07. The monoisotopic (exact) mass is 416 g/mol. The van der Waals surface area contributed by atoms with Crippen LogP contribution in [-0.4, -0.2) is 43.7 Å². The zero-order valence-corrected chi connectivity index (χ0v) is 16.0. The number of alkyl halides is 2. The van der Waals surface area contributed by atoms with Crippen LogP contribution in [0.3, 0.4) is 0 Å². The number of nitro benzene ring substituents is 1. The lowest BCUT2D eigenvalue weighted by Gasteiger charge is -2.18. The predicted octanol–water partition coefficient (Wildman–Crippen LogP) is 4.37. The van der Waals surface area contributed by atoms with Crippen molar-refractivity contribution in [1.82, 2.24) is 4.90 Å². The summed E-state index contributed by atoms with van der Waals surface area (Å²) >= 11 is 5.89. The van der Waals surface area contributed by atoms with Gasteiger partial charge < -0.3 is 14.2 Å². The van der Waals surface area contributed by atoms with Crippen LogP contribution in [-0.2, 0) is 6.54 Å². The molecule has 0 aliphatic heterocycles. The summed E-state index contributed by atoms with van der Waals surface area (Å²) in [5, 5.41) is 11.9. The minimum absolute atomic E-state index is 0.00974. The van der Waals surface area contributed by atoms with Gasteiger partial charge in [-0.1, -0.05) is 17.7 Å². The predicted molar refractivity (Wildman–Crippen MR) is 99.6 cm³/mol. The van der Waals surface area contributed by atoms with E-state index in [4.69, 9.17) is 21.1 Å². The summed E-state index contributed by atoms with van der Waals surface area (Å²) in [5.41, 5.74) is -0.0345. The Morgan fingerprint density at radius 1 is 1.25 bits per heavy atom. The summed E-state index contributed by atoms with van der Waals surface area (Å²) < 4.78 is 39.9. The molecule has 2 aromatic carbocycles. The Labute approximate surface area is 165 Å². The highest BCUT2D eigenvalue weighted by Gasteiger charge is 2.22. The first-order valence-corrected chi connectivity index (χ1v) is 8.55. The zero-order chi connectivity index (χ0) is 20.7. The molecule has 7 nitrogen and oxygen atoms in total. The summed E-state index contributed by atoms with van der Waals surface area (Å²) in [6.45, 7) is -2.15. The molecule has 0 saturated carbocycles. The number of likely N-dealkylation sites (N-methyl/N-ethyl adjacent to an activating group) is 1. The second-order valence-corrected chi connectivity index (χ2v) is 6.25. The van der Waals surface area contributed by atoms with Gasteiger partial charge in [0.1, 0.15) is 12.4 Å². The van der Waals surface area contributed by atoms with E-state index in [0.717, 1.165) is 6.07 Å². The molecule has 0 aromatic heterocycles. The molecule has 0 spiro atoms. The summed E-state index contributed by atoms with van der Waals surface area (Å²) in [5.74, 6) is 0.214. The van der Waals surface area contributed by atoms with E-state index in [0.29, 0.717) is 29.5 Å². The van der Waals surface area contributed by atoms with Gasteiger partial charge >= 0.3 is 6.61 Å². The molecular weight excluding hydrogens is 398 g/mol. The van der Waals surface area contributed by atoms with Gasteiger partial charge in [0.15, 0.2) is 11.5 Å². The average molecular weight is 417 g/mol. The van der Waals surface area contributed by atoms with Crippen LogP contribution in [0.1, 0.15) is 5.56 Å². The molecule has 28 heavy (non-hydrogen) atoms. The second kappa shape index (κ2) is 10.0. The Bertz CT molecular complexity index is 823. The smallest absolute Gasteiger partial charge is 0.387 e. The van der Waals surface area contributed by atoms with Crippen molar-refractivity contribution in [1.29, 1.82) is 0 Å². The number of nitrogens with zero attached hydrogens (tertiary/aromatic N) is 2. The van der Waals surface area contributed by atoms with Crippen LogP contribution >= 0.6 is 11.6 Å². The maximum Gasteiger partial charge on any atom is 0.387 e. The van der Waals surface area contributed by atoms with Gasteiger partial charge in [-0.15, -0.1) is 0 Å². The van der Waals surface area contributed by atoms with Gasteiger partial charge in [-0.2, -0.15) is 8.78 Å². The van der Waals surface area contributed by atoms with E-state index in [1.165, 1.54) is 13.2 Å². The number of methoxy groups -OCH3 is 1. The number of ether oxygens (including phenoxy) is 3. The maximum atomic E-state index is 12.5. The normalized spacial score (nSPS) is 11.0. The standard InChI is InChI=1S/C18H19ClF2N2O5/c1-22(6-7-27-14-5-3-4-13(19)9-14)11-12-8-16(26-2)17(28-18(20)21)10-15(12)23(24)25/h3-5,8-10,18H,6-7,11H2,1-2H3. The van der Waals surface area contributed by atoms with E-state index in [2.05, 4.69) is 4.74 Å². The average Bonchev–Trinajstić information content (AvgIpc) is 2.62. The third-order valence-electron chi connectivity index (χ3n) is 3.76. The van der Waals surface area contributed by atoms with Gasteiger partial charge in [0.25, 0.3) is 5.69 Å². The molecule has 0 radical (unpaired) electrons. The van der Waals surface area contributed by atoms with E-state index in [1.54, 1.807) is 36.2 Å². The lowest BCUT2D eigenvalue weighted by Crippen LogP contribution is -2.24. The fraction of sp³-hybridized carbons (Fsp3) is 0.333. The Morgan fingerprint density at radius 2 is 2.00 bits per heavy atom. The molecule has 2 rings (SSSR count). The fourth-order valence-corrected chi connectivity index (χ4v) is 2.66. The first kappa shape index (κ1) is 21.6. The third-order valence-corrected chi connectivity index (χ3v) is 3.99. The quantitative estimate of drug-likeness (QED) is 0.423. The van der Waals surface area contributed by atoms with Crippen LogP contribution < -0.4 is 14.2 Å². The van der Waals surface area contributed by atoms with Crippen molar-refractivity contribution in [3.8, 4) is 17.2 Å². The van der Waals surface area contributed by atoms with E-state index < -0.39 is 11.5 Å². The van der Waals surface area contributed by atoms with Gasteiger partial charge in [0.05, 0.1) is 18.1 Å². The summed E-state index contributed by atoms with van der Waals surface area (Å²) in [6, 6.07) is 9.21. The summed E-state index contributed by atoms with van der Waals surface area (Å²) in [7, 11) is 3.02. The molecule has 10 heteroatoms. The number of hydrogen-bond donors (Lipinski definition) is 0. The fourth-order valence-electron chi connectivity index (χ4n) is 2.48. The first-order valence-electron chi connectivity index (χ1n) is 8.17. The van der Waals surface area contributed by atoms with Gasteiger partial charge in [-0.25, -0.2) is 0 Å². The van der Waals surface area contributed by atoms with Crippen molar-refractivity contribution in [3.63, 3.8) is 0 Å². The largest absolute Gasteiger partial charge is 0.493 e. The van der Waals surface area contributed by atoms with Crippen molar-refractivity contribution >= 4 is 17.3 Å². The van der Waals surface area contributed by atoms with E-state index in [1.807, 2.05) is 0 Å². The molecule has 0 aliphatic rings. The van der Waals surface area contributed by atoms with Crippen molar-refractivity contribution in [2.24, 2.45) is 0 Å². The minimum Gasteiger partial charge on any atom is -0.493 e. The molecule has 0 bridgehead atoms. The Morgan fingerprint density at radius 3 is 2.61 bits per heavy atom. The molecule has 0 aliphatic carbocycles. The Hall–Kier alpha value is -2.65. The van der Waals surface area contributed by atoms with Crippen molar-refractivity contribution in [2.45, 2.75) is 13.2 Å². The van der Waals surface area contributed by atoms with Gasteiger partial charge in [0.2, 0.25) is 0 Å². The van der Waals surface area contributed by atoms with E-state index >= 15 is 0 Å². The number of halogens is 3. The lowest BCUT2D eigenvalue weighted by atomic mass is 10.1. The van der Waals surface area contributed by atoms with Crippen LogP contribution in [0, 0.1) is 10.1 Å². The molecule has 2 aromatic rings. The second-order valence-electron chi connectivity index (χ2n) is 5.81. The highest BCUT2D eigenvalue weighted by molar-refractivity contribution is 6.30. The number of benzene rings is 2. The highest BCUT2D eigenvalue weighted by atomic mass is 35.5. The molecule has 0 saturated heterocycles. The van der Waals surface area contributed by atoms with Crippen molar-refractivity contribution < 1.29 is 27.9 Å². The molecular formula is C18H19ClF2N2O5. The Kier molecular flexibility index (Phi) is 7.77. The van der Waals surface area contributed by atoms with Gasteiger partial charge in [-0.05, 0) is 31.3 Å². The number of nitro groups is 1. The molecule has 0 unspecified atom stereocenters. The molecule has 0 atom stereocenters. The molecule has 0 N–H and O–H groups in total. The molecule has 0 heterocycles. The third kappa shape index (κ3) is 6.21. The lowest BCUT2D eigenvalue weighted by molar-refractivity contribution is -0.385. The highest BCUT2D eigenvalue weighted by Crippen LogP contribution is 2.36. The van der Waals surface area contributed by atoms with Crippen LogP contribution in [0.4, 0.5) is 14.5 Å². The van der Waals surface area contributed by atoms with Crippen LogP contribution in [0.25, 0.3) is 0 Å². The van der Waals surface area contributed by atoms with Crippen LogP contribution in [0.15, 0.2) is 36.4 Å². The van der Waals surface area contributed by atoms with Crippen LogP contribution in [0.2, 0.25) is 5.02 Å². The van der Waals surface area contributed by atoms with E-state index in [-0.39, 0.29) is 23.7 Å². The molecule has 0 amide bonds. The van der Waals surface area contributed by atoms with E-state index in [9.17, 15) is 18.9 Å².